The van der Waals surface area contributed by atoms with Crippen molar-refractivity contribution in [3.8, 4) is 0 Å². The summed E-state index contributed by atoms with van der Waals surface area (Å²) in [7, 11) is -4.77. The van der Waals surface area contributed by atoms with Crippen molar-refractivity contribution in [2.45, 2.75) is 13.0 Å². The molecule has 7 heteroatoms. The van der Waals surface area contributed by atoms with E-state index in [-0.39, 0.29) is 30.1 Å². The molecule has 0 unspecified atom stereocenters. The molecule has 0 radical (unpaired) electrons. The Hall–Kier alpha value is -0.720. The van der Waals surface area contributed by atoms with Crippen LogP contribution in [-0.4, -0.2) is 19.3 Å². The van der Waals surface area contributed by atoms with E-state index in [1.54, 1.807) is 6.07 Å². The average Bonchev–Trinajstić information content (AvgIpc) is 2.22. The summed E-state index contributed by atoms with van der Waals surface area (Å²) in [6.07, 6.45) is 0.284. The summed E-state index contributed by atoms with van der Waals surface area (Å²) in [4.78, 5) is 0. The lowest BCUT2D eigenvalue weighted by Crippen LogP contribution is -2.34. The van der Waals surface area contributed by atoms with Crippen LogP contribution < -0.4 is 0 Å². The smallest absolute Gasteiger partial charge is 0.205 e. The minimum absolute atomic E-state index is 0.0207. The molecule has 1 aliphatic rings. The molecular weight excluding hydrogens is 260 g/mol. The van der Waals surface area contributed by atoms with Crippen molar-refractivity contribution >= 4 is 22.0 Å². The molecule has 0 atom stereocenters. The molecule has 1 aromatic carbocycles. The number of rotatable bonds is 1. The summed E-state index contributed by atoms with van der Waals surface area (Å²) < 4.78 is 48.3. The zero-order valence-electron chi connectivity index (χ0n) is 8.08. The SMILES string of the molecule is O=S(=O)(F)N1CCc2ccc(Cl)c(F)c2C1. The number of hydrogen-bond acceptors (Lipinski definition) is 2. The van der Waals surface area contributed by atoms with E-state index in [1.807, 2.05) is 0 Å². The van der Waals surface area contributed by atoms with Crippen LogP contribution in [-0.2, 0) is 23.4 Å². The fourth-order valence-electron chi connectivity index (χ4n) is 1.72. The fraction of sp³-hybridized carbons (Fsp3) is 0.333. The molecule has 2 rings (SSSR count). The van der Waals surface area contributed by atoms with Crippen molar-refractivity contribution in [1.82, 2.24) is 4.31 Å². The molecule has 0 N–H and O–H groups in total. The molecule has 16 heavy (non-hydrogen) atoms. The van der Waals surface area contributed by atoms with Gasteiger partial charge in [0.2, 0.25) is 0 Å². The molecule has 0 aliphatic carbocycles. The first-order valence-corrected chi connectivity index (χ1v) is 6.27. The average molecular weight is 268 g/mol. The molecule has 0 spiro atoms. The van der Waals surface area contributed by atoms with E-state index in [9.17, 15) is 16.7 Å². The maximum absolute atomic E-state index is 13.6. The van der Waals surface area contributed by atoms with E-state index in [4.69, 9.17) is 11.6 Å². The van der Waals surface area contributed by atoms with Gasteiger partial charge in [-0.3, -0.25) is 0 Å². The summed E-state index contributed by atoms with van der Waals surface area (Å²) in [5, 5.41) is -0.0862. The van der Waals surface area contributed by atoms with Crippen LogP contribution >= 0.6 is 11.6 Å². The second kappa shape index (κ2) is 3.94. The standard InChI is InChI=1S/C9H8ClF2NO2S/c10-8-2-1-6-3-4-13(16(12,14)15)5-7(6)9(8)11/h1-2H,3-5H2. The van der Waals surface area contributed by atoms with E-state index in [0.717, 1.165) is 0 Å². The highest BCUT2D eigenvalue weighted by atomic mass is 35.5. The summed E-state index contributed by atoms with van der Waals surface area (Å²) in [5.41, 5.74) is 0.821. The predicted molar refractivity (Wildman–Crippen MR) is 55.6 cm³/mol. The normalized spacial score (nSPS) is 17.2. The van der Waals surface area contributed by atoms with E-state index in [0.29, 0.717) is 9.87 Å². The van der Waals surface area contributed by atoms with E-state index < -0.39 is 16.2 Å². The third-order valence-corrected chi connectivity index (χ3v) is 3.79. The Kier molecular flexibility index (Phi) is 2.90. The van der Waals surface area contributed by atoms with Crippen LogP contribution in [0.15, 0.2) is 12.1 Å². The first-order chi connectivity index (χ1) is 7.39. The second-order valence-corrected chi connectivity index (χ2v) is 5.27. The first-order valence-electron chi connectivity index (χ1n) is 4.55. The van der Waals surface area contributed by atoms with Crippen molar-refractivity contribution in [2.24, 2.45) is 0 Å². The minimum atomic E-state index is -4.77. The second-order valence-electron chi connectivity index (χ2n) is 3.52. The van der Waals surface area contributed by atoms with Gasteiger partial charge in [0.25, 0.3) is 0 Å². The molecular formula is C9H8ClF2NO2S. The van der Waals surface area contributed by atoms with Gasteiger partial charge in [0.1, 0.15) is 5.82 Å². The van der Waals surface area contributed by atoms with Gasteiger partial charge in [0.15, 0.2) is 0 Å². The Labute approximate surface area is 97.0 Å². The Morgan fingerprint density at radius 2 is 2.06 bits per heavy atom. The molecule has 0 saturated carbocycles. The molecule has 1 aromatic rings. The van der Waals surface area contributed by atoms with Gasteiger partial charge >= 0.3 is 10.4 Å². The fourth-order valence-corrected chi connectivity index (χ4v) is 2.49. The summed E-state index contributed by atoms with van der Waals surface area (Å²) in [5.74, 6) is -0.674. The third kappa shape index (κ3) is 2.05. The molecule has 0 amide bonds. The number of nitrogens with zero attached hydrogens (tertiary/aromatic N) is 1. The highest BCUT2D eigenvalue weighted by molar-refractivity contribution is 7.83. The van der Waals surface area contributed by atoms with Gasteiger partial charge in [-0.2, -0.15) is 12.7 Å². The lowest BCUT2D eigenvalue weighted by Gasteiger charge is -2.25. The van der Waals surface area contributed by atoms with Crippen molar-refractivity contribution in [3.63, 3.8) is 0 Å². The lowest BCUT2D eigenvalue weighted by molar-refractivity contribution is 0.359. The van der Waals surface area contributed by atoms with E-state index >= 15 is 0 Å². The third-order valence-electron chi connectivity index (χ3n) is 2.57. The van der Waals surface area contributed by atoms with Crippen molar-refractivity contribution in [1.29, 1.82) is 0 Å². The quantitative estimate of drug-likeness (QED) is 0.731. The van der Waals surface area contributed by atoms with Gasteiger partial charge in [-0.25, -0.2) is 4.39 Å². The molecule has 0 bridgehead atoms. The molecule has 88 valence electrons. The predicted octanol–water partition coefficient (Wildman–Crippen LogP) is 2.05. The maximum atomic E-state index is 13.6. The van der Waals surface area contributed by atoms with Gasteiger partial charge in [-0.1, -0.05) is 21.6 Å². The van der Waals surface area contributed by atoms with Crippen LogP contribution in [0.1, 0.15) is 11.1 Å². The molecule has 0 saturated heterocycles. The number of benzene rings is 1. The minimum Gasteiger partial charge on any atom is -0.205 e. The number of fused-ring (bicyclic) bond motifs is 1. The van der Waals surface area contributed by atoms with Crippen LogP contribution in [0.3, 0.4) is 0 Å². The first kappa shape index (κ1) is 11.8. The van der Waals surface area contributed by atoms with Crippen LogP contribution in [0, 0.1) is 5.82 Å². The van der Waals surface area contributed by atoms with E-state index in [2.05, 4.69) is 0 Å². The zero-order valence-corrected chi connectivity index (χ0v) is 9.65. The summed E-state index contributed by atoms with van der Waals surface area (Å²) in [6.45, 7) is -0.284. The highest BCUT2D eigenvalue weighted by Crippen LogP contribution is 2.28. The van der Waals surface area contributed by atoms with Crippen molar-refractivity contribution in [3.05, 3.63) is 34.1 Å². The lowest BCUT2D eigenvalue weighted by atomic mass is 10.0. The number of hydrogen-bond donors (Lipinski definition) is 0. The van der Waals surface area contributed by atoms with Crippen LogP contribution in [0.25, 0.3) is 0 Å². The molecule has 1 aliphatic heterocycles. The van der Waals surface area contributed by atoms with Crippen LogP contribution in [0.4, 0.5) is 8.28 Å². The van der Waals surface area contributed by atoms with E-state index in [1.165, 1.54) is 6.07 Å². The van der Waals surface area contributed by atoms with Crippen molar-refractivity contribution in [2.75, 3.05) is 6.54 Å². The molecule has 0 aromatic heterocycles. The van der Waals surface area contributed by atoms with Gasteiger partial charge in [0, 0.05) is 18.7 Å². The van der Waals surface area contributed by atoms with Gasteiger partial charge in [-0.05, 0) is 18.1 Å². The highest BCUT2D eigenvalue weighted by Gasteiger charge is 2.28. The summed E-state index contributed by atoms with van der Waals surface area (Å²) in [6, 6.07) is 3.04. The van der Waals surface area contributed by atoms with Gasteiger partial charge in [0.05, 0.1) is 5.02 Å². The monoisotopic (exact) mass is 267 g/mol. The Morgan fingerprint density at radius 3 is 2.69 bits per heavy atom. The largest absolute Gasteiger partial charge is 0.375 e. The van der Waals surface area contributed by atoms with Crippen molar-refractivity contribution < 1.29 is 16.7 Å². The number of halogens is 3. The van der Waals surface area contributed by atoms with Gasteiger partial charge < -0.3 is 0 Å². The topological polar surface area (TPSA) is 37.4 Å². The van der Waals surface area contributed by atoms with Crippen LogP contribution in [0.5, 0.6) is 0 Å². The molecule has 0 fully saturated rings. The Morgan fingerprint density at radius 1 is 1.38 bits per heavy atom. The summed E-state index contributed by atoms with van der Waals surface area (Å²) >= 11 is 5.57. The molecule has 3 nitrogen and oxygen atoms in total. The zero-order chi connectivity index (χ0) is 11.9. The maximum Gasteiger partial charge on any atom is 0.375 e. The van der Waals surface area contributed by atoms with Crippen LogP contribution in [0.2, 0.25) is 5.02 Å². The molecule has 1 heterocycles. The Bertz CT molecular complexity index is 533. The van der Waals surface area contributed by atoms with Gasteiger partial charge in [-0.15, -0.1) is 0 Å². The Balaban J connectivity index is 2.43.